The zero-order valence-electron chi connectivity index (χ0n) is 10.7. The van der Waals surface area contributed by atoms with Gasteiger partial charge in [-0.25, -0.2) is 0 Å². The van der Waals surface area contributed by atoms with Gasteiger partial charge in [-0.1, -0.05) is 39.0 Å². The number of hydrogen-bond acceptors (Lipinski definition) is 1. The van der Waals surface area contributed by atoms with E-state index in [1.165, 1.54) is 0 Å². The van der Waals surface area contributed by atoms with Gasteiger partial charge in [0.05, 0.1) is 5.69 Å². The van der Waals surface area contributed by atoms with Crippen LogP contribution >= 0.6 is 0 Å². The van der Waals surface area contributed by atoms with E-state index in [4.69, 9.17) is 0 Å². The molecule has 0 saturated heterocycles. The summed E-state index contributed by atoms with van der Waals surface area (Å²) >= 11 is 0. The minimum absolute atomic E-state index is 0.00106. The van der Waals surface area contributed by atoms with E-state index in [1.807, 2.05) is 41.9 Å². The van der Waals surface area contributed by atoms with Crippen LogP contribution < -0.4 is 5.56 Å². The molecule has 0 saturated carbocycles. The fourth-order valence-electron chi connectivity index (χ4n) is 2.24. The van der Waals surface area contributed by atoms with Gasteiger partial charge in [-0.3, -0.25) is 14.6 Å². The summed E-state index contributed by atoms with van der Waals surface area (Å²) in [5.41, 5.74) is 2.67. The first kappa shape index (κ1) is 11.7. The molecule has 0 unspecified atom stereocenters. The predicted molar refractivity (Wildman–Crippen MR) is 69.8 cm³/mol. The van der Waals surface area contributed by atoms with E-state index in [1.54, 1.807) is 0 Å². The molecule has 3 nitrogen and oxygen atoms in total. The first-order valence-corrected chi connectivity index (χ1v) is 5.79. The zero-order valence-corrected chi connectivity index (χ0v) is 10.7. The van der Waals surface area contributed by atoms with Crippen molar-refractivity contribution in [3.05, 3.63) is 51.9 Å². The summed E-state index contributed by atoms with van der Waals surface area (Å²) in [5.74, 6) is 0. The molecule has 2 aromatic rings. The Labute approximate surface area is 101 Å². The normalized spacial score (nSPS) is 11.8. The molecule has 0 amide bonds. The molecule has 0 aliphatic heterocycles. The van der Waals surface area contributed by atoms with Crippen LogP contribution in [0.15, 0.2) is 35.1 Å². The topological polar surface area (TPSA) is 37.8 Å². The Morgan fingerprint density at radius 1 is 1.12 bits per heavy atom. The van der Waals surface area contributed by atoms with Crippen LogP contribution in [0.4, 0.5) is 0 Å². The molecule has 1 aromatic carbocycles. The zero-order chi connectivity index (χ0) is 12.6. The van der Waals surface area contributed by atoms with Crippen LogP contribution in [0.5, 0.6) is 0 Å². The summed E-state index contributed by atoms with van der Waals surface area (Å²) in [5, 5.41) is 2.90. The van der Waals surface area contributed by atoms with Gasteiger partial charge in [-0.15, -0.1) is 0 Å². The highest BCUT2D eigenvalue weighted by molar-refractivity contribution is 5.36. The molecular weight excluding hydrogens is 212 g/mol. The molecule has 1 heterocycles. The molecule has 3 heteroatoms. The molecule has 0 aliphatic rings. The maximum atomic E-state index is 12.0. The predicted octanol–water partition coefficient (Wildman–Crippen LogP) is 2.77. The van der Waals surface area contributed by atoms with E-state index in [0.717, 1.165) is 16.9 Å². The summed E-state index contributed by atoms with van der Waals surface area (Å²) in [7, 11) is 0. The van der Waals surface area contributed by atoms with Crippen LogP contribution in [0.2, 0.25) is 0 Å². The third-order valence-corrected chi connectivity index (χ3v) is 2.90. The summed E-state index contributed by atoms with van der Waals surface area (Å²) < 4.78 is 1.85. The number of aromatic nitrogens is 2. The second-order valence-corrected chi connectivity index (χ2v) is 5.32. The Morgan fingerprint density at radius 3 is 2.18 bits per heavy atom. The van der Waals surface area contributed by atoms with Crippen molar-refractivity contribution in [1.82, 2.24) is 9.78 Å². The van der Waals surface area contributed by atoms with Gasteiger partial charge in [0, 0.05) is 11.3 Å². The average molecular weight is 230 g/mol. The molecule has 0 aliphatic carbocycles. The molecule has 1 aromatic heterocycles. The quantitative estimate of drug-likeness (QED) is 0.803. The third kappa shape index (κ3) is 2.05. The highest BCUT2D eigenvalue weighted by atomic mass is 16.1. The number of hydrogen-bond donors (Lipinski definition) is 1. The van der Waals surface area contributed by atoms with Crippen molar-refractivity contribution in [2.75, 3.05) is 0 Å². The lowest BCUT2D eigenvalue weighted by Gasteiger charge is -2.17. The lowest BCUT2D eigenvalue weighted by Crippen LogP contribution is -2.21. The van der Waals surface area contributed by atoms with Crippen LogP contribution in [-0.2, 0) is 5.41 Å². The number of para-hydroxylation sites is 1. The Balaban J connectivity index is 2.65. The van der Waals surface area contributed by atoms with Crippen molar-refractivity contribution in [2.24, 2.45) is 0 Å². The fraction of sp³-hybridized carbons (Fsp3) is 0.357. The standard InChI is InChI=1S/C14H18N2O/c1-10-12(14(2,3)4)13(17)15-16(10)11-8-6-5-7-9-11/h5-9H,1-4H3,(H,15,17). The summed E-state index contributed by atoms with van der Waals surface area (Å²) in [6.07, 6.45) is 0. The summed E-state index contributed by atoms with van der Waals surface area (Å²) in [6, 6.07) is 9.85. The van der Waals surface area contributed by atoms with Crippen molar-refractivity contribution >= 4 is 0 Å². The number of rotatable bonds is 1. The smallest absolute Gasteiger partial charge is 0.268 e. The Bertz CT molecular complexity index is 571. The van der Waals surface area contributed by atoms with Crippen molar-refractivity contribution < 1.29 is 0 Å². The lowest BCUT2D eigenvalue weighted by atomic mass is 9.87. The maximum absolute atomic E-state index is 12.0. The molecule has 17 heavy (non-hydrogen) atoms. The van der Waals surface area contributed by atoms with Crippen molar-refractivity contribution in [3.8, 4) is 5.69 Å². The van der Waals surface area contributed by atoms with Crippen LogP contribution in [-0.4, -0.2) is 9.78 Å². The Hall–Kier alpha value is -1.77. The largest absolute Gasteiger partial charge is 0.268 e. The van der Waals surface area contributed by atoms with Crippen molar-refractivity contribution in [3.63, 3.8) is 0 Å². The summed E-state index contributed by atoms with van der Waals surface area (Å²) in [4.78, 5) is 12.0. The van der Waals surface area contributed by atoms with Crippen molar-refractivity contribution in [2.45, 2.75) is 33.1 Å². The van der Waals surface area contributed by atoms with Gasteiger partial charge in [0.15, 0.2) is 0 Å². The van der Waals surface area contributed by atoms with E-state index < -0.39 is 0 Å². The molecule has 0 atom stereocenters. The SMILES string of the molecule is Cc1c(C(C)(C)C)c(=O)[nH]n1-c1ccccc1. The average Bonchev–Trinajstić information content (AvgIpc) is 2.54. The number of aromatic amines is 1. The number of nitrogens with zero attached hydrogens (tertiary/aromatic N) is 1. The van der Waals surface area contributed by atoms with E-state index in [-0.39, 0.29) is 11.0 Å². The van der Waals surface area contributed by atoms with Gasteiger partial charge in [0.1, 0.15) is 0 Å². The lowest BCUT2D eigenvalue weighted by molar-refractivity contribution is 0.581. The second kappa shape index (κ2) is 3.91. The number of nitrogens with one attached hydrogen (secondary N) is 1. The molecule has 0 bridgehead atoms. The molecule has 0 radical (unpaired) electrons. The van der Waals surface area contributed by atoms with E-state index in [9.17, 15) is 4.79 Å². The van der Waals surface area contributed by atoms with Crippen LogP contribution in [0.3, 0.4) is 0 Å². The Morgan fingerprint density at radius 2 is 1.71 bits per heavy atom. The molecule has 90 valence electrons. The van der Waals surface area contributed by atoms with E-state index >= 15 is 0 Å². The first-order valence-electron chi connectivity index (χ1n) is 5.79. The van der Waals surface area contributed by atoms with Gasteiger partial charge in [-0.2, -0.15) is 0 Å². The van der Waals surface area contributed by atoms with Gasteiger partial charge in [-0.05, 0) is 24.5 Å². The molecular formula is C14H18N2O. The van der Waals surface area contributed by atoms with Crippen LogP contribution in [0, 0.1) is 6.92 Å². The summed E-state index contributed by atoms with van der Waals surface area (Å²) in [6.45, 7) is 8.14. The fourth-order valence-corrected chi connectivity index (χ4v) is 2.24. The Kier molecular flexibility index (Phi) is 2.69. The van der Waals surface area contributed by atoms with Crippen LogP contribution in [0.1, 0.15) is 32.0 Å². The maximum Gasteiger partial charge on any atom is 0.268 e. The molecule has 0 spiro atoms. The van der Waals surface area contributed by atoms with Crippen LogP contribution in [0.25, 0.3) is 5.69 Å². The van der Waals surface area contributed by atoms with Gasteiger partial charge >= 0.3 is 0 Å². The van der Waals surface area contributed by atoms with Gasteiger partial charge in [0.25, 0.3) is 5.56 Å². The molecule has 1 N–H and O–H groups in total. The minimum atomic E-state index is -0.141. The highest BCUT2D eigenvalue weighted by Crippen LogP contribution is 2.23. The second-order valence-electron chi connectivity index (χ2n) is 5.32. The molecule has 2 rings (SSSR count). The number of benzene rings is 1. The van der Waals surface area contributed by atoms with E-state index in [2.05, 4.69) is 25.9 Å². The van der Waals surface area contributed by atoms with Gasteiger partial charge < -0.3 is 0 Å². The third-order valence-electron chi connectivity index (χ3n) is 2.90. The van der Waals surface area contributed by atoms with Gasteiger partial charge in [0.2, 0.25) is 0 Å². The minimum Gasteiger partial charge on any atom is -0.268 e. The number of H-pyrrole nitrogens is 1. The molecule has 0 fully saturated rings. The highest BCUT2D eigenvalue weighted by Gasteiger charge is 2.23. The first-order chi connectivity index (χ1) is 7.91. The van der Waals surface area contributed by atoms with Crippen molar-refractivity contribution in [1.29, 1.82) is 0 Å². The van der Waals surface area contributed by atoms with E-state index in [0.29, 0.717) is 0 Å². The monoisotopic (exact) mass is 230 g/mol.